The number of rotatable bonds is 3. The van der Waals surface area contributed by atoms with E-state index in [1.165, 1.54) is 0 Å². The molecule has 0 bridgehead atoms. The molecule has 5 nitrogen and oxygen atoms in total. The van der Waals surface area contributed by atoms with Crippen LogP contribution in [0.15, 0.2) is 18.2 Å². The van der Waals surface area contributed by atoms with Crippen molar-refractivity contribution >= 4 is 17.6 Å². The zero-order valence-corrected chi connectivity index (χ0v) is 10.5. The van der Waals surface area contributed by atoms with E-state index in [-0.39, 0.29) is 23.1 Å². The highest BCUT2D eigenvalue weighted by Gasteiger charge is 2.27. The smallest absolute Gasteiger partial charge is 0.337 e. The lowest BCUT2D eigenvalue weighted by Gasteiger charge is -2.13. The van der Waals surface area contributed by atoms with E-state index in [0.717, 1.165) is 31.2 Å². The Bertz CT molecular complexity index is 519. The Kier molecular flexibility index (Phi) is 3.80. The average molecular weight is 266 g/mol. The zero-order valence-electron chi connectivity index (χ0n) is 10.5. The molecule has 19 heavy (non-hydrogen) atoms. The third-order valence-electron chi connectivity index (χ3n) is 3.23. The van der Waals surface area contributed by atoms with Gasteiger partial charge >= 0.3 is 5.97 Å². The van der Waals surface area contributed by atoms with Gasteiger partial charge in [0.25, 0.3) is 0 Å². The van der Waals surface area contributed by atoms with Crippen molar-refractivity contribution in [2.75, 3.05) is 25.5 Å². The van der Waals surface area contributed by atoms with Gasteiger partial charge in [0.15, 0.2) is 0 Å². The van der Waals surface area contributed by atoms with Crippen molar-refractivity contribution in [3.63, 3.8) is 0 Å². The van der Waals surface area contributed by atoms with Gasteiger partial charge in [0, 0.05) is 6.54 Å². The molecule has 1 unspecified atom stereocenters. The SMILES string of the molecule is CN1CCC(C(=O)Nc2cc(F)ccc2C(=O)O)C1. The number of carboxylic acid groups (broad SMARTS) is 1. The van der Waals surface area contributed by atoms with Gasteiger partial charge in [0.05, 0.1) is 17.2 Å². The molecule has 0 aromatic heterocycles. The molecule has 1 aliphatic heterocycles. The number of benzene rings is 1. The van der Waals surface area contributed by atoms with Gasteiger partial charge in [-0.1, -0.05) is 0 Å². The number of likely N-dealkylation sites (tertiary alicyclic amines) is 1. The molecule has 0 aliphatic carbocycles. The fourth-order valence-electron chi connectivity index (χ4n) is 2.19. The quantitative estimate of drug-likeness (QED) is 0.868. The summed E-state index contributed by atoms with van der Waals surface area (Å²) >= 11 is 0. The third kappa shape index (κ3) is 3.08. The van der Waals surface area contributed by atoms with Gasteiger partial charge in [-0.15, -0.1) is 0 Å². The summed E-state index contributed by atoms with van der Waals surface area (Å²) in [5.41, 5.74) is -0.104. The lowest BCUT2D eigenvalue weighted by atomic mass is 10.1. The van der Waals surface area contributed by atoms with Crippen molar-refractivity contribution in [1.29, 1.82) is 0 Å². The van der Waals surface area contributed by atoms with Crippen LogP contribution in [-0.2, 0) is 4.79 Å². The number of carbonyl (C=O) groups is 2. The minimum absolute atomic E-state index is 0.00653. The van der Waals surface area contributed by atoms with E-state index in [1.807, 2.05) is 11.9 Å². The molecule has 0 saturated carbocycles. The number of nitrogens with zero attached hydrogens (tertiary/aromatic N) is 1. The van der Waals surface area contributed by atoms with Gasteiger partial charge in [0.2, 0.25) is 5.91 Å². The van der Waals surface area contributed by atoms with E-state index >= 15 is 0 Å². The molecule has 2 rings (SSSR count). The summed E-state index contributed by atoms with van der Waals surface area (Å²) in [4.78, 5) is 25.0. The largest absolute Gasteiger partial charge is 0.478 e. The number of hydrogen-bond acceptors (Lipinski definition) is 3. The molecular weight excluding hydrogens is 251 g/mol. The summed E-state index contributed by atoms with van der Waals surface area (Å²) in [6, 6.07) is 3.23. The predicted octanol–water partition coefficient (Wildman–Crippen LogP) is 1.41. The topological polar surface area (TPSA) is 69.6 Å². The number of carbonyl (C=O) groups excluding carboxylic acids is 1. The van der Waals surface area contributed by atoms with Gasteiger partial charge in [-0.3, -0.25) is 4.79 Å². The normalized spacial score (nSPS) is 19.4. The Morgan fingerprint density at radius 2 is 2.21 bits per heavy atom. The number of hydrogen-bond donors (Lipinski definition) is 2. The molecule has 2 N–H and O–H groups in total. The monoisotopic (exact) mass is 266 g/mol. The molecule has 6 heteroatoms. The van der Waals surface area contributed by atoms with Gasteiger partial charge < -0.3 is 15.3 Å². The average Bonchev–Trinajstić information content (AvgIpc) is 2.75. The van der Waals surface area contributed by atoms with Gasteiger partial charge in [-0.05, 0) is 38.2 Å². The van der Waals surface area contributed by atoms with E-state index in [0.29, 0.717) is 6.54 Å². The van der Waals surface area contributed by atoms with E-state index in [1.54, 1.807) is 0 Å². The Hall–Kier alpha value is -1.95. The Morgan fingerprint density at radius 1 is 1.47 bits per heavy atom. The number of amides is 1. The standard InChI is InChI=1S/C13H15FN2O3/c1-16-5-4-8(7-16)12(17)15-11-6-9(14)2-3-10(11)13(18)19/h2-3,6,8H,4-5,7H2,1H3,(H,15,17)(H,18,19). The maximum Gasteiger partial charge on any atom is 0.337 e. The fraction of sp³-hybridized carbons (Fsp3) is 0.385. The molecular formula is C13H15FN2O3. The van der Waals surface area contributed by atoms with E-state index in [4.69, 9.17) is 5.11 Å². The first-order valence-corrected chi connectivity index (χ1v) is 5.99. The number of aromatic carboxylic acids is 1. The zero-order chi connectivity index (χ0) is 14.0. The number of anilines is 1. The van der Waals surface area contributed by atoms with E-state index in [9.17, 15) is 14.0 Å². The number of carboxylic acids is 1. The van der Waals surface area contributed by atoms with Crippen molar-refractivity contribution in [3.05, 3.63) is 29.6 Å². The summed E-state index contributed by atoms with van der Waals surface area (Å²) in [5, 5.41) is 11.5. The first kappa shape index (κ1) is 13.5. The maximum atomic E-state index is 13.1. The van der Waals surface area contributed by atoms with E-state index in [2.05, 4.69) is 5.32 Å². The van der Waals surface area contributed by atoms with Crippen LogP contribution in [-0.4, -0.2) is 42.0 Å². The maximum absolute atomic E-state index is 13.1. The van der Waals surface area contributed by atoms with Crippen molar-refractivity contribution in [3.8, 4) is 0 Å². The second-order valence-electron chi connectivity index (χ2n) is 4.73. The minimum Gasteiger partial charge on any atom is -0.478 e. The molecule has 1 amide bonds. The summed E-state index contributed by atoms with van der Waals surface area (Å²) < 4.78 is 13.1. The Labute approximate surface area is 110 Å². The molecule has 1 fully saturated rings. The second kappa shape index (κ2) is 5.36. The van der Waals surface area contributed by atoms with Crippen molar-refractivity contribution < 1.29 is 19.1 Å². The van der Waals surface area contributed by atoms with Crippen LogP contribution >= 0.6 is 0 Å². The summed E-state index contributed by atoms with van der Waals surface area (Å²) in [5.74, 6) is -2.23. The molecule has 1 aromatic rings. The van der Waals surface area contributed by atoms with Crippen LogP contribution < -0.4 is 5.32 Å². The summed E-state index contributed by atoms with van der Waals surface area (Å²) in [6.45, 7) is 1.45. The van der Waals surface area contributed by atoms with Crippen LogP contribution in [0.3, 0.4) is 0 Å². The molecule has 1 aromatic carbocycles. The Balaban J connectivity index is 2.16. The fourth-order valence-corrected chi connectivity index (χ4v) is 2.19. The second-order valence-corrected chi connectivity index (χ2v) is 4.73. The van der Waals surface area contributed by atoms with Crippen molar-refractivity contribution in [2.45, 2.75) is 6.42 Å². The number of nitrogens with one attached hydrogen (secondary N) is 1. The van der Waals surface area contributed by atoms with Gasteiger partial charge in [0.1, 0.15) is 5.82 Å². The van der Waals surface area contributed by atoms with Gasteiger partial charge in [-0.2, -0.15) is 0 Å². The predicted molar refractivity (Wildman–Crippen MR) is 67.6 cm³/mol. The highest BCUT2D eigenvalue weighted by molar-refractivity contribution is 6.01. The van der Waals surface area contributed by atoms with Crippen LogP contribution in [0.2, 0.25) is 0 Å². The Morgan fingerprint density at radius 3 is 2.79 bits per heavy atom. The lowest BCUT2D eigenvalue weighted by Crippen LogP contribution is -2.26. The number of halogens is 1. The van der Waals surface area contributed by atoms with Crippen LogP contribution in [0.5, 0.6) is 0 Å². The summed E-state index contributed by atoms with van der Waals surface area (Å²) in [6.07, 6.45) is 0.722. The lowest BCUT2D eigenvalue weighted by molar-refractivity contribution is -0.119. The molecule has 0 radical (unpaired) electrons. The van der Waals surface area contributed by atoms with Crippen molar-refractivity contribution in [1.82, 2.24) is 4.90 Å². The highest BCUT2D eigenvalue weighted by atomic mass is 19.1. The first-order chi connectivity index (χ1) is 8.97. The highest BCUT2D eigenvalue weighted by Crippen LogP contribution is 2.21. The first-order valence-electron chi connectivity index (χ1n) is 5.99. The molecule has 0 spiro atoms. The molecule has 102 valence electrons. The molecule has 1 saturated heterocycles. The minimum atomic E-state index is -1.20. The molecule has 1 heterocycles. The molecule has 1 aliphatic rings. The third-order valence-corrected chi connectivity index (χ3v) is 3.23. The van der Waals surface area contributed by atoms with Crippen LogP contribution in [0.1, 0.15) is 16.8 Å². The van der Waals surface area contributed by atoms with E-state index < -0.39 is 11.8 Å². The molecule has 1 atom stereocenters. The van der Waals surface area contributed by atoms with Crippen molar-refractivity contribution in [2.24, 2.45) is 5.92 Å². The van der Waals surface area contributed by atoms with Crippen LogP contribution in [0.4, 0.5) is 10.1 Å². The van der Waals surface area contributed by atoms with Crippen LogP contribution in [0, 0.1) is 11.7 Å². The summed E-state index contributed by atoms with van der Waals surface area (Å²) in [7, 11) is 1.91. The van der Waals surface area contributed by atoms with Crippen LogP contribution in [0.25, 0.3) is 0 Å². The van der Waals surface area contributed by atoms with Gasteiger partial charge in [-0.25, -0.2) is 9.18 Å².